The quantitative estimate of drug-likeness (QED) is 0.718. The molecule has 2 N–H and O–H groups in total. The molecule has 8 heteroatoms. The summed E-state index contributed by atoms with van der Waals surface area (Å²) in [6.07, 6.45) is 0.669. The van der Waals surface area contributed by atoms with Gasteiger partial charge in [-0.05, 0) is 29.7 Å². The van der Waals surface area contributed by atoms with Crippen molar-refractivity contribution in [1.29, 1.82) is 0 Å². The van der Waals surface area contributed by atoms with Crippen molar-refractivity contribution < 1.29 is 19.2 Å². The molecular formula is C23H24N4O4. The zero-order valence-electron chi connectivity index (χ0n) is 17.2. The number of nitrogens with zero attached hydrogens (tertiary/aromatic N) is 2. The molecule has 0 aliphatic carbocycles. The van der Waals surface area contributed by atoms with Gasteiger partial charge in [0.05, 0.1) is 5.69 Å². The van der Waals surface area contributed by atoms with Gasteiger partial charge in [-0.1, -0.05) is 42.5 Å². The molecule has 0 bridgehead atoms. The Labute approximate surface area is 180 Å². The van der Waals surface area contributed by atoms with Gasteiger partial charge in [0.25, 0.3) is 5.91 Å². The summed E-state index contributed by atoms with van der Waals surface area (Å²) in [6.45, 7) is 0.341. The minimum Gasteiger partial charge on any atom is -0.357 e. The van der Waals surface area contributed by atoms with Gasteiger partial charge in [-0.3, -0.25) is 14.4 Å². The van der Waals surface area contributed by atoms with E-state index in [4.69, 9.17) is 0 Å². The van der Waals surface area contributed by atoms with Crippen molar-refractivity contribution in [2.75, 3.05) is 11.9 Å². The van der Waals surface area contributed by atoms with Gasteiger partial charge >= 0.3 is 6.03 Å². The number of para-hydroxylation sites is 1. The van der Waals surface area contributed by atoms with Crippen molar-refractivity contribution in [3.8, 4) is 0 Å². The molecule has 2 aliphatic rings. The van der Waals surface area contributed by atoms with Crippen molar-refractivity contribution in [3.05, 3.63) is 65.7 Å². The summed E-state index contributed by atoms with van der Waals surface area (Å²) in [5.74, 6) is -0.817. The molecule has 2 aliphatic heterocycles. The summed E-state index contributed by atoms with van der Waals surface area (Å²) >= 11 is 0. The van der Waals surface area contributed by atoms with Crippen molar-refractivity contribution in [1.82, 2.24) is 15.5 Å². The molecule has 0 spiro atoms. The molecule has 5 amide bonds. The Balaban J connectivity index is 1.45. The van der Waals surface area contributed by atoms with E-state index in [2.05, 4.69) is 10.6 Å². The monoisotopic (exact) mass is 420 g/mol. The predicted molar refractivity (Wildman–Crippen MR) is 114 cm³/mol. The van der Waals surface area contributed by atoms with Crippen LogP contribution in [0.25, 0.3) is 0 Å². The highest BCUT2D eigenvalue weighted by molar-refractivity contribution is 6.21. The van der Waals surface area contributed by atoms with Gasteiger partial charge in [0.1, 0.15) is 12.1 Å². The van der Waals surface area contributed by atoms with Crippen LogP contribution in [0.5, 0.6) is 0 Å². The maximum absolute atomic E-state index is 13.0. The molecule has 31 heavy (non-hydrogen) atoms. The van der Waals surface area contributed by atoms with Crippen LogP contribution in [0.3, 0.4) is 0 Å². The number of benzene rings is 2. The number of urea groups is 1. The summed E-state index contributed by atoms with van der Waals surface area (Å²) in [7, 11) is 1.55. The zero-order valence-corrected chi connectivity index (χ0v) is 17.2. The number of hydrogen-bond donors (Lipinski definition) is 2. The minimum atomic E-state index is -0.771. The number of carbonyl (C=O) groups is 4. The molecular weight excluding hydrogens is 396 g/mol. The number of imide groups is 1. The molecule has 0 radical (unpaired) electrons. The van der Waals surface area contributed by atoms with Gasteiger partial charge < -0.3 is 15.5 Å². The van der Waals surface area contributed by atoms with Crippen LogP contribution in [0.15, 0.2) is 54.6 Å². The van der Waals surface area contributed by atoms with Crippen LogP contribution >= 0.6 is 0 Å². The third kappa shape index (κ3) is 4.01. The van der Waals surface area contributed by atoms with E-state index in [0.717, 1.165) is 16.0 Å². The summed E-state index contributed by atoms with van der Waals surface area (Å²) in [5.41, 5.74) is 2.56. The Morgan fingerprint density at radius 1 is 1.03 bits per heavy atom. The van der Waals surface area contributed by atoms with Crippen LogP contribution in [-0.2, 0) is 27.3 Å². The lowest BCUT2D eigenvalue weighted by Crippen LogP contribution is -2.52. The van der Waals surface area contributed by atoms with Crippen molar-refractivity contribution >= 4 is 29.4 Å². The van der Waals surface area contributed by atoms with Gasteiger partial charge in [-0.25, -0.2) is 9.69 Å². The van der Waals surface area contributed by atoms with Crippen LogP contribution in [-0.4, -0.2) is 47.8 Å². The van der Waals surface area contributed by atoms with Gasteiger partial charge in [-0.15, -0.1) is 0 Å². The summed E-state index contributed by atoms with van der Waals surface area (Å²) in [6, 6.07) is 14.6. The lowest BCUT2D eigenvalue weighted by molar-refractivity contribution is -0.141. The first-order chi connectivity index (χ1) is 15.0. The number of carbonyl (C=O) groups excluding carboxylic acids is 4. The number of fused-ring (bicyclic) bond motifs is 1. The Hall–Kier alpha value is -3.68. The van der Waals surface area contributed by atoms with Crippen molar-refractivity contribution in [2.24, 2.45) is 0 Å². The lowest BCUT2D eigenvalue weighted by Gasteiger charge is -2.36. The minimum absolute atomic E-state index is 0.0506. The van der Waals surface area contributed by atoms with E-state index < -0.39 is 18.1 Å². The first-order valence-electron chi connectivity index (χ1n) is 10.3. The average Bonchev–Trinajstić information content (AvgIpc) is 3.09. The van der Waals surface area contributed by atoms with Crippen LogP contribution in [0.2, 0.25) is 0 Å². The number of likely N-dealkylation sites (N-methyl/N-ethyl adjacent to an activating group) is 1. The number of hydrogen-bond acceptors (Lipinski definition) is 4. The van der Waals surface area contributed by atoms with E-state index in [1.165, 1.54) is 0 Å². The number of anilines is 1. The molecule has 2 atom stereocenters. The smallest absolute Gasteiger partial charge is 0.329 e. The lowest BCUT2D eigenvalue weighted by atomic mass is 9.93. The number of nitrogens with one attached hydrogen (secondary N) is 2. The predicted octanol–water partition coefficient (Wildman–Crippen LogP) is 1.59. The van der Waals surface area contributed by atoms with Crippen LogP contribution in [0.4, 0.5) is 10.5 Å². The molecule has 2 heterocycles. The molecule has 160 valence electrons. The molecule has 1 fully saturated rings. The Morgan fingerprint density at radius 2 is 1.71 bits per heavy atom. The highest BCUT2D eigenvalue weighted by Gasteiger charge is 2.40. The second-order valence-corrected chi connectivity index (χ2v) is 7.67. The molecule has 8 nitrogen and oxygen atoms in total. The van der Waals surface area contributed by atoms with Crippen molar-refractivity contribution in [2.45, 2.75) is 37.9 Å². The van der Waals surface area contributed by atoms with Crippen LogP contribution < -0.4 is 15.5 Å². The second kappa shape index (κ2) is 8.59. The fourth-order valence-corrected chi connectivity index (χ4v) is 4.15. The summed E-state index contributed by atoms with van der Waals surface area (Å²) in [4.78, 5) is 53.2. The van der Waals surface area contributed by atoms with E-state index in [0.29, 0.717) is 18.7 Å². The first kappa shape index (κ1) is 20.6. The second-order valence-electron chi connectivity index (χ2n) is 7.67. The summed E-state index contributed by atoms with van der Waals surface area (Å²) < 4.78 is 0. The molecule has 4 rings (SSSR count). The fraction of sp³-hybridized carbons (Fsp3) is 0.304. The Kier molecular flexibility index (Phi) is 5.70. The standard InChI is InChI=1S/C23H24N4O4/c1-24-21(29)19-13-15-7-5-6-8-16(15)14-26(19)20(28)12-11-18-22(30)27(23(31)25-18)17-9-3-2-4-10-17/h2-10,18-19H,11-14H2,1H3,(H,24,29)(H,25,31)/t18-,19-/m1/s1. The summed E-state index contributed by atoms with van der Waals surface area (Å²) in [5, 5.41) is 5.29. The Bertz CT molecular complexity index is 1020. The van der Waals surface area contributed by atoms with Gasteiger partial charge in [-0.2, -0.15) is 0 Å². The maximum Gasteiger partial charge on any atom is 0.329 e. The number of amides is 5. The molecule has 1 saturated heterocycles. The topological polar surface area (TPSA) is 98.8 Å². The average molecular weight is 420 g/mol. The largest absolute Gasteiger partial charge is 0.357 e. The molecule has 0 saturated carbocycles. The highest BCUT2D eigenvalue weighted by atomic mass is 16.2. The maximum atomic E-state index is 13.0. The van der Waals surface area contributed by atoms with E-state index in [-0.39, 0.29) is 30.6 Å². The van der Waals surface area contributed by atoms with Crippen LogP contribution in [0, 0.1) is 0 Å². The first-order valence-corrected chi connectivity index (χ1v) is 10.3. The Morgan fingerprint density at radius 3 is 2.42 bits per heavy atom. The SMILES string of the molecule is CNC(=O)[C@H]1Cc2ccccc2CN1C(=O)CC[C@H]1NC(=O)N(c2ccccc2)C1=O. The van der Waals surface area contributed by atoms with Gasteiger partial charge in [0.2, 0.25) is 11.8 Å². The van der Waals surface area contributed by atoms with E-state index in [9.17, 15) is 19.2 Å². The van der Waals surface area contributed by atoms with Gasteiger partial charge in [0, 0.05) is 26.4 Å². The molecule has 0 aromatic heterocycles. The third-order valence-corrected chi connectivity index (χ3v) is 5.80. The third-order valence-electron chi connectivity index (χ3n) is 5.80. The fourth-order valence-electron chi connectivity index (χ4n) is 4.15. The molecule has 2 aromatic rings. The van der Waals surface area contributed by atoms with E-state index in [1.807, 2.05) is 24.3 Å². The highest BCUT2D eigenvalue weighted by Crippen LogP contribution is 2.25. The zero-order chi connectivity index (χ0) is 22.0. The van der Waals surface area contributed by atoms with Crippen molar-refractivity contribution in [3.63, 3.8) is 0 Å². The number of rotatable bonds is 5. The van der Waals surface area contributed by atoms with Gasteiger partial charge in [0.15, 0.2) is 0 Å². The van der Waals surface area contributed by atoms with E-state index >= 15 is 0 Å². The molecule has 0 unspecified atom stereocenters. The van der Waals surface area contributed by atoms with E-state index in [1.54, 1.807) is 42.3 Å². The van der Waals surface area contributed by atoms with Crippen LogP contribution in [0.1, 0.15) is 24.0 Å². The normalized spacial score (nSPS) is 20.3. The molecule has 2 aromatic carbocycles.